The number of pyridine rings is 2. The number of hydrogen-bond acceptors (Lipinski definition) is 12. The van der Waals surface area contributed by atoms with Gasteiger partial charge in [0.2, 0.25) is 0 Å². The smallest absolute Gasteiger partial charge is 0.418 e. The Kier molecular flexibility index (Phi) is 11.9. The molecule has 1 amide bonds. The van der Waals surface area contributed by atoms with Gasteiger partial charge in [-0.25, -0.2) is 19.2 Å². The molecule has 2 saturated heterocycles. The van der Waals surface area contributed by atoms with E-state index < -0.39 is 57.1 Å². The van der Waals surface area contributed by atoms with Crippen LogP contribution in [0.5, 0.6) is 23.3 Å². The van der Waals surface area contributed by atoms with Crippen LogP contribution in [0, 0.1) is 18.7 Å². The first-order valence-corrected chi connectivity index (χ1v) is 21.5. The van der Waals surface area contributed by atoms with Gasteiger partial charge in [0.15, 0.2) is 11.6 Å². The van der Waals surface area contributed by atoms with Gasteiger partial charge in [-0.05, 0) is 85.7 Å². The zero-order valence-electron chi connectivity index (χ0n) is 36.2. The van der Waals surface area contributed by atoms with E-state index in [0.717, 1.165) is 24.0 Å². The second kappa shape index (κ2) is 17.6. The van der Waals surface area contributed by atoms with Crippen LogP contribution < -0.4 is 34.1 Å². The fourth-order valence-electron chi connectivity index (χ4n) is 9.06. The first-order chi connectivity index (χ1) is 31.6. The van der Waals surface area contributed by atoms with Gasteiger partial charge in [-0.1, -0.05) is 41.9 Å². The third-order valence-corrected chi connectivity index (χ3v) is 12.7. The number of benzene rings is 3. The van der Waals surface area contributed by atoms with Crippen LogP contribution in [0.4, 0.5) is 39.8 Å². The molecule has 3 aromatic carbocycles. The molecule has 1 aliphatic carbocycles. The molecule has 4 aliphatic rings. The number of aryl methyl sites for hydroxylation is 1. The lowest BCUT2D eigenvalue weighted by Crippen LogP contribution is -2.42. The number of aromatic nitrogens is 4. The first kappa shape index (κ1) is 44.5. The largest absolute Gasteiger partial charge is 0.497 e. The Morgan fingerprint density at radius 3 is 2.29 bits per heavy atom. The zero-order chi connectivity index (χ0) is 46.5. The van der Waals surface area contributed by atoms with Crippen molar-refractivity contribution in [2.75, 3.05) is 55.7 Å². The number of hydrogen-bond donors (Lipinski definition) is 2. The van der Waals surface area contributed by atoms with Crippen molar-refractivity contribution in [1.82, 2.24) is 19.9 Å². The molecular formula is C47H44ClF4N7O7. The molecule has 3 aliphatic heterocycles. The van der Waals surface area contributed by atoms with Gasteiger partial charge in [-0.2, -0.15) is 23.1 Å². The minimum absolute atomic E-state index is 0.0318. The highest BCUT2D eigenvalue weighted by atomic mass is 35.5. The van der Waals surface area contributed by atoms with Crippen LogP contribution in [0.2, 0.25) is 5.02 Å². The summed E-state index contributed by atoms with van der Waals surface area (Å²) < 4.78 is 93.4. The maximum absolute atomic E-state index is 17.9. The molecule has 1 atom stereocenters. The molecule has 0 spiro atoms. The summed E-state index contributed by atoms with van der Waals surface area (Å²) in [5.74, 6) is 0.499. The Morgan fingerprint density at radius 2 is 1.70 bits per heavy atom. The highest BCUT2D eigenvalue weighted by Gasteiger charge is 2.53. The van der Waals surface area contributed by atoms with E-state index in [2.05, 4.69) is 20.3 Å². The fourth-order valence-corrected chi connectivity index (χ4v) is 9.38. The van der Waals surface area contributed by atoms with E-state index in [-0.39, 0.29) is 73.0 Å². The summed E-state index contributed by atoms with van der Waals surface area (Å²) in [6.07, 6.45) is -3.40. The van der Waals surface area contributed by atoms with E-state index in [1.807, 2.05) is 24.3 Å². The van der Waals surface area contributed by atoms with Crippen molar-refractivity contribution in [3.63, 3.8) is 0 Å². The number of rotatable bonds is 14. The van der Waals surface area contributed by atoms with Gasteiger partial charge in [0.25, 0.3) is 0 Å². The Bertz CT molecular complexity index is 2760. The van der Waals surface area contributed by atoms with Crippen molar-refractivity contribution in [3.8, 4) is 34.5 Å². The number of halogens is 5. The SMILES string of the molecule is COc1ccc(CN(Cc2ccc(OC)cc2)c2cc(C)c(C(F)(F)F)c(-c3c(Cl)c4c5c(nc(OCC67CC(CO6)C7)nc5c3F)N([C@H](C)c3cccnc3NC(=O)O)CCO4)n2)cc1. The number of fused-ring (bicyclic) bond motifs is 1. The Labute approximate surface area is 381 Å². The summed E-state index contributed by atoms with van der Waals surface area (Å²) in [6, 6.07) is 18.1. The molecule has 2 bridgehead atoms. The number of alkyl halides is 3. The summed E-state index contributed by atoms with van der Waals surface area (Å²) in [5.41, 5.74) is -1.85. The average Bonchev–Trinajstić information content (AvgIpc) is 3.84. The highest BCUT2D eigenvalue weighted by Crippen LogP contribution is 2.52. The number of carbonyl (C=O) groups is 1. The first-order valence-electron chi connectivity index (χ1n) is 21.1. The average molecular weight is 930 g/mol. The molecule has 66 heavy (non-hydrogen) atoms. The number of anilines is 3. The van der Waals surface area contributed by atoms with Gasteiger partial charge in [0.1, 0.15) is 53.3 Å². The van der Waals surface area contributed by atoms with Crippen LogP contribution in [0.15, 0.2) is 72.9 Å². The number of nitrogens with zero attached hydrogens (tertiary/aromatic N) is 6. The van der Waals surface area contributed by atoms with Crippen molar-refractivity contribution in [1.29, 1.82) is 0 Å². The van der Waals surface area contributed by atoms with Crippen LogP contribution in [-0.4, -0.2) is 77.3 Å². The van der Waals surface area contributed by atoms with Crippen molar-refractivity contribution >= 4 is 46.1 Å². The molecule has 344 valence electrons. The Morgan fingerprint density at radius 1 is 1.03 bits per heavy atom. The number of nitrogens with one attached hydrogen (secondary N) is 1. The fraction of sp³-hybridized carbons (Fsp3) is 0.340. The van der Waals surface area contributed by atoms with Crippen LogP contribution in [0.25, 0.3) is 22.2 Å². The monoisotopic (exact) mass is 929 g/mol. The zero-order valence-corrected chi connectivity index (χ0v) is 37.0. The van der Waals surface area contributed by atoms with Gasteiger partial charge in [0, 0.05) is 24.8 Å². The molecule has 0 radical (unpaired) electrons. The van der Waals surface area contributed by atoms with Crippen molar-refractivity contribution in [2.24, 2.45) is 5.92 Å². The lowest BCUT2D eigenvalue weighted by atomic mass is 9.75. The normalized spacial score (nSPS) is 18.0. The number of carboxylic acid groups (broad SMARTS) is 1. The number of methoxy groups -OCH3 is 2. The molecule has 10 rings (SSSR count). The Hall–Kier alpha value is -6.66. The topological polar surface area (TPSA) is 154 Å². The summed E-state index contributed by atoms with van der Waals surface area (Å²) in [5, 5.41) is 11.4. The van der Waals surface area contributed by atoms with Crippen LogP contribution in [0.3, 0.4) is 0 Å². The molecule has 1 saturated carbocycles. The summed E-state index contributed by atoms with van der Waals surface area (Å²) in [4.78, 5) is 33.5. The van der Waals surface area contributed by atoms with Crippen LogP contribution in [0.1, 0.15) is 53.6 Å². The standard InChI is InChI=1S/C47H44ClF4N7O7/c1-25-18-33(58(21-27-7-11-30(62-3)12-8-27)22-28-9-13-31(63-4)14-10-28)54-39(36(25)47(50,51)52)34-37(48)41-35-40(38(34)49)55-44(65-24-46-19-29(20-46)23-66-46)57-43(35)59(16-17-64-41)26(2)32-6-5-15-53-42(32)56-45(60)61/h5-15,18,26,29H,16-17,19-24H2,1-4H3,(H,53,56)(H,60,61)/t26-,29?,46?/m1/s1. The molecule has 3 fully saturated rings. The summed E-state index contributed by atoms with van der Waals surface area (Å²) in [6.45, 7) is 4.04. The van der Waals surface area contributed by atoms with E-state index in [1.54, 1.807) is 67.3 Å². The summed E-state index contributed by atoms with van der Waals surface area (Å²) >= 11 is 7.15. The molecule has 19 heteroatoms. The molecule has 2 N–H and O–H groups in total. The minimum atomic E-state index is -5.02. The van der Waals surface area contributed by atoms with Crippen LogP contribution >= 0.6 is 11.6 Å². The van der Waals surface area contributed by atoms with Crippen molar-refractivity contribution in [2.45, 2.75) is 57.6 Å². The second-order valence-corrected chi connectivity index (χ2v) is 17.0. The van der Waals surface area contributed by atoms with Gasteiger partial charge in [-0.15, -0.1) is 0 Å². The molecule has 0 unspecified atom stereocenters. The predicted molar refractivity (Wildman–Crippen MR) is 237 cm³/mol. The van der Waals surface area contributed by atoms with E-state index in [4.69, 9.17) is 40.3 Å². The number of amides is 1. The van der Waals surface area contributed by atoms with Gasteiger partial charge in [0.05, 0.1) is 60.6 Å². The molecule has 3 aromatic heterocycles. The maximum Gasteiger partial charge on any atom is 0.418 e. The number of ether oxygens (including phenoxy) is 5. The highest BCUT2D eigenvalue weighted by molar-refractivity contribution is 6.36. The van der Waals surface area contributed by atoms with E-state index >= 15 is 17.6 Å². The third kappa shape index (κ3) is 8.50. The Balaban J connectivity index is 1.23. The van der Waals surface area contributed by atoms with Gasteiger partial charge in [-0.3, -0.25) is 5.32 Å². The predicted octanol–water partition coefficient (Wildman–Crippen LogP) is 10.0. The minimum Gasteiger partial charge on any atom is -0.497 e. The molecular weight excluding hydrogens is 886 g/mol. The molecule has 14 nitrogen and oxygen atoms in total. The van der Waals surface area contributed by atoms with E-state index in [1.165, 1.54) is 19.2 Å². The maximum atomic E-state index is 17.9. The third-order valence-electron chi connectivity index (χ3n) is 12.3. The van der Waals surface area contributed by atoms with E-state index in [0.29, 0.717) is 29.6 Å². The quantitative estimate of drug-likeness (QED) is 0.0998. The summed E-state index contributed by atoms with van der Waals surface area (Å²) in [7, 11) is 3.09. The van der Waals surface area contributed by atoms with Crippen molar-refractivity contribution in [3.05, 3.63) is 112 Å². The van der Waals surface area contributed by atoms with Gasteiger partial charge >= 0.3 is 18.3 Å². The van der Waals surface area contributed by atoms with Crippen LogP contribution in [-0.2, 0) is 24.0 Å². The second-order valence-electron chi connectivity index (χ2n) is 16.6. The molecule has 6 heterocycles. The lowest BCUT2D eigenvalue weighted by molar-refractivity contribution is -0.137. The lowest BCUT2D eigenvalue weighted by Gasteiger charge is -2.35. The van der Waals surface area contributed by atoms with Gasteiger partial charge < -0.3 is 38.6 Å². The molecule has 6 aromatic rings. The van der Waals surface area contributed by atoms with E-state index in [9.17, 15) is 9.90 Å². The van der Waals surface area contributed by atoms with Crippen molar-refractivity contribution < 1.29 is 51.1 Å².